The quantitative estimate of drug-likeness (QED) is 0.0649. The molecular weight excluding hydrogens is 709 g/mol. The molecule has 1 fully saturated rings. The number of nitrogens with two attached hydrogens (primary N) is 1. The molecule has 0 unspecified atom stereocenters. The van der Waals surface area contributed by atoms with Gasteiger partial charge in [0.25, 0.3) is 0 Å². The topological polar surface area (TPSA) is 239 Å². The number of aromatic nitrogens is 3. The number of esters is 3. The van der Waals surface area contributed by atoms with E-state index in [1.54, 1.807) is 19.9 Å². The van der Waals surface area contributed by atoms with Crippen molar-refractivity contribution in [2.75, 3.05) is 25.6 Å². The van der Waals surface area contributed by atoms with Crippen LogP contribution in [0.25, 0.3) is 5.52 Å². The van der Waals surface area contributed by atoms with Crippen molar-refractivity contribution in [1.82, 2.24) is 24.8 Å². The van der Waals surface area contributed by atoms with Crippen molar-refractivity contribution in [3.63, 3.8) is 0 Å². The normalized spacial score (nSPS) is 22.9. The molecule has 0 saturated carbocycles. The van der Waals surface area contributed by atoms with E-state index in [9.17, 15) is 29.3 Å². The fourth-order valence-electron chi connectivity index (χ4n) is 5.88. The Bertz CT molecular complexity index is 1620. The monoisotopic (exact) mass is 765 g/mol. The Morgan fingerprint density at radius 1 is 1.00 bits per heavy atom. The zero-order valence-electron chi connectivity index (χ0n) is 32.2. The highest BCUT2D eigenvalue weighted by Gasteiger charge is 2.68. The van der Waals surface area contributed by atoms with E-state index >= 15 is 0 Å². The van der Waals surface area contributed by atoms with Crippen LogP contribution in [0.1, 0.15) is 93.7 Å². The predicted octanol–water partition coefficient (Wildman–Crippen LogP) is 3.79. The molecule has 0 radical (unpaired) electrons. The Hall–Kier alpha value is -3.65. The van der Waals surface area contributed by atoms with E-state index in [4.69, 9.17) is 29.2 Å². The number of nitriles is 1. The molecule has 53 heavy (non-hydrogen) atoms. The van der Waals surface area contributed by atoms with E-state index in [1.165, 1.54) is 37.7 Å². The number of aliphatic hydroxyl groups is 1. The third kappa shape index (κ3) is 9.92. The minimum Gasteiger partial charge on any atom is -0.464 e. The van der Waals surface area contributed by atoms with Crippen LogP contribution in [0.15, 0.2) is 18.5 Å². The van der Waals surface area contributed by atoms with Crippen molar-refractivity contribution in [3.05, 3.63) is 24.2 Å². The molecule has 6 atom stereocenters. The van der Waals surface area contributed by atoms with Crippen molar-refractivity contribution in [2.24, 2.45) is 17.8 Å². The van der Waals surface area contributed by atoms with Crippen molar-refractivity contribution in [1.29, 1.82) is 5.26 Å². The molecule has 3 heterocycles. The summed E-state index contributed by atoms with van der Waals surface area (Å²) >= 11 is 0. The third-order valence-corrected chi connectivity index (χ3v) is 11.8. The number of hydrogen-bond acceptors (Lipinski definition) is 14. The highest BCUT2D eigenvalue weighted by atomic mass is 31.2. The van der Waals surface area contributed by atoms with Gasteiger partial charge >= 0.3 is 25.6 Å². The number of carbonyl (C=O) groups excluding carboxylic acids is 3. The second-order valence-electron chi connectivity index (χ2n) is 13.9. The number of carbonyl (C=O) groups is 3. The van der Waals surface area contributed by atoms with Crippen molar-refractivity contribution in [2.45, 2.75) is 123 Å². The summed E-state index contributed by atoms with van der Waals surface area (Å²) in [6.07, 6.45) is 1.25. The van der Waals surface area contributed by atoms with Gasteiger partial charge in [0, 0.05) is 0 Å². The molecule has 0 bridgehead atoms. The number of anilines is 1. The summed E-state index contributed by atoms with van der Waals surface area (Å²) in [6.45, 7) is 15.0. The molecular formula is C35H56N7O10P. The first kappa shape index (κ1) is 43.8. The summed E-state index contributed by atoms with van der Waals surface area (Å²) in [6, 6.07) is 2.60. The van der Waals surface area contributed by atoms with E-state index in [-0.39, 0.29) is 36.6 Å². The highest BCUT2D eigenvalue weighted by Crippen LogP contribution is 2.50. The van der Waals surface area contributed by atoms with Crippen LogP contribution < -0.4 is 15.9 Å². The zero-order valence-corrected chi connectivity index (χ0v) is 33.1. The lowest BCUT2D eigenvalue weighted by molar-refractivity contribution is -0.165. The Labute approximate surface area is 311 Å². The van der Waals surface area contributed by atoms with E-state index in [0.29, 0.717) is 5.52 Å². The number of nitrogen functional groups attached to an aromatic ring is 1. The lowest BCUT2D eigenvalue weighted by Gasteiger charge is -2.34. The number of nitrogens with zero attached hydrogens (tertiary/aromatic N) is 4. The maximum Gasteiger partial charge on any atom is 0.342 e. The molecule has 5 N–H and O–H groups in total. The molecule has 2 aromatic heterocycles. The SMILES string of the molecule is CCC(CC)COC(=O)[C@H](C)NP(=O)(N[C@@H](C)C(=O)OCC(CC)CC)OC[C@H]1O[C@@](C)(c2ccc3c(N)ncnn23)[C@@](O)(C#N)[C@@H]1OC(=O)C(C)C. The van der Waals surface area contributed by atoms with Gasteiger partial charge in [0.2, 0.25) is 5.60 Å². The first-order valence-corrected chi connectivity index (χ1v) is 19.8. The summed E-state index contributed by atoms with van der Waals surface area (Å²) < 4.78 is 44.9. The second-order valence-corrected chi connectivity index (χ2v) is 15.8. The lowest BCUT2D eigenvalue weighted by Crippen LogP contribution is -2.54. The zero-order chi connectivity index (χ0) is 39.7. The molecule has 0 aromatic carbocycles. The Morgan fingerprint density at radius 2 is 1.53 bits per heavy atom. The van der Waals surface area contributed by atoms with E-state index in [0.717, 1.165) is 25.7 Å². The molecule has 0 amide bonds. The van der Waals surface area contributed by atoms with Crippen molar-refractivity contribution < 1.29 is 47.5 Å². The summed E-state index contributed by atoms with van der Waals surface area (Å²) in [4.78, 5) is 43.0. The van der Waals surface area contributed by atoms with Crippen molar-refractivity contribution >= 4 is 36.9 Å². The molecule has 0 spiro atoms. The highest BCUT2D eigenvalue weighted by molar-refractivity contribution is 7.54. The minimum absolute atomic E-state index is 0.120. The Morgan fingerprint density at radius 3 is 2.00 bits per heavy atom. The van der Waals surface area contributed by atoms with Crippen LogP contribution in [0.2, 0.25) is 0 Å². The molecule has 1 aliphatic rings. The number of rotatable bonds is 20. The van der Waals surface area contributed by atoms with Crippen LogP contribution in [0, 0.1) is 29.1 Å². The number of nitrogens with one attached hydrogen (secondary N) is 2. The van der Waals surface area contributed by atoms with Crippen LogP contribution in [0.3, 0.4) is 0 Å². The molecule has 0 aliphatic carbocycles. The van der Waals surface area contributed by atoms with E-state index in [1.807, 2.05) is 33.8 Å². The molecule has 296 valence electrons. The van der Waals surface area contributed by atoms with Crippen LogP contribution in [0.4, 0.5) is 5.82 Å². The molecule has 18 heteroatoms. The second kappa shape index (κ2) is 18.6. The van der Waals surface area contributed by atoms with Gasteiger partial charge in [-0.15, -0.1) is 0 Å². The Kier molecular flexibility index (Phi) is 15.4. The number of hydrogen-bond donors (Lipinski definition) is 4. The van der Waals surface area contributed by atoms with Crippen LogP contribution in [0.5, 0.6) is 0 Å². The largest absolute Gasteiger partial charge is 0.464 e. The standard InChI is InChI=1S/C35H56N7O10P/c1-10-24(11-2)16-48-32(44)22(7)40-53(47,41-23(8)33(45)49-17-25(12-3)13-4)50-18-27-29(51-31(43)21(5)6)35(46,19-36)34(9,52-27)28-15-14-26-30(37)38-20-39-42(26)28/h14-15,20-25,27,29,46H,10-13,16-18H2,1-9H3,(H2,37,38,39)(H2,40,41,47)/t22-,23-,27+,29+,34-,35+/m0/s1. The van der Waals surface area contributed by atoms with Gasteiger partial charge in [-0.1, -0.05) is 67.2 Å². The van der Waals surface area contributed by atoms with E-state index < -0.39 is 73.6 Å². The van der Waals surface area contributed by atoms with Crippen LogP contribution in [-0.4, -0.2) is 87.3 Å². The van der Waals surface area contributed by atoms with Gasteiger partial charge in [-0.25, -0.2) is 19.7 Å². The van der Waals surface area contributed by atoms with Gasteiger partial charge in [0.1, 0.15) is 36.1 Å². The average Bonchev–Trinajstić information content (AvgIpc) is 3.66. The van der Waals surface area contributed by atoms with E-state index in [2.05, 4.69) is 20.3 Å². The fraction of sp³-hybridized carbons (Fsp3) is 0.714. The number of fused-ring (bicyclic) bond motifs is 1. The fourth-order valence-corrected chi connectivity index (χ4v) is 7.69. The molecule has 17 nitrogen and oxygen atoms in total. The third-order valence-electron chi connectivity index (χ3n) is 9.81. The molecule has 1 saturated heterocycles. The van der Waals surface area contributed by atoms with Gasteiger partial charge in [0.15, 0.2) is 17.5 Å². The molecule has 3 rings (SSSR count). The van der Waals surface area contributed by atoms with Crippen molar-refractivity contribution in [3.8, 4) is 6.07 Å². The first-order chi connectivity index (χ1) is 24.9. The van der Waals surface area contributed by atoms with Gasteiger partial charge < -0.3 is 34.3 Å². The summed E-state index contributed by atoms with van der Waals surface area (Å²) in [5, 5.41) is 32.1. The summed E-state index contributed by atoms with van der Waals surface area (Å²) in [5.41, 5.74) is 2.07. The molecule has 2 aromatic rings. The van der Waals surface area contributed by atoms with Gasteiger partial charge in [-0.2, -0.15) is 10.4 Å². The first-order valence-electron chi connectivity index (χ1n) is 18.2. The predicted molar refractivity (Wildman–Crippen MR) is 194 cm³/mol. The molecule has 1 aliphatic heterocycles. The smallest absolute Gasteiger partial charge is 0.342 e. The summed E-state index contributed by atoms with van der Waals surface area (Å²) in [5.74, 6) is -2.45. The average molecular weight is 766 g/mol. The van der Waals surface area contributed by atoms with Gasteiger partial charge in [0.05, 0.1) is 31.4 Å². The van der Waals surface area contributed by atoms with Crippen LogP contribution >= 0.6 is 7.67 Å². The van der Waals surface area contributed by atoms with Gasteiger partial charge in [-0.3, -0.25) is 18.9 Å². The minimum atomic E-state index is -4.42. The summed E-state index contributed by atoms with van der Waals surface area (Å²) in [7, 11) is -4.42. The number of ether oxygens (including phenoxy) is 4. The van der Waals surface area contributed by atoms with Crippen LogP contribution in [-0.2, 0) is 48.0 Å². The van der Waals surface area contributed by atoms with Gasteiger partial charge in [-0.05, 0) is 44.7 Å². The maximum absolute atomic E-state index is 14.6. The maximum atomic E-state index is 14.6. The Balaban J connectivity index is 1.99. The lowest BCUT2D eigenvalue weighted by atomic mass is 9.80.